The Morgan fingerprint density at radius 2 is 1.75 bits per heavy atom. The molecule has 0 bridgehead atoms. The minimum Gasteiger partial charge on any atom is -0.372 e. The van der Waals surface area contributed by atoms with E-state index in [1.807, 2.05) is 30.3 Å². The van der Waals surface area contributed by atoms with Gasteiger partial charge in [-0.15, -0.1) is 0 Å². The van der Waals surface area contributed by atoms with Crippen LogP contribution in [0.15, 0.2) is 48.5 Å². The Morgan fingerprint density at radius 3 is 2.38 bits per heavy atom. The normalized spacial score (nSPS) is 10.5. The number of amides is 1. The van der Waals surface area contributed by atoms with Crippen molar-refractivity contribution in [2.45, 2.75) is 27.3 Å². The fourth-order valence-electron chi connectivity index (χ4n) is 2.69. The molecule has 1 amide bonds. The van der Waals surface area contributed by atoms with Crippen LogP contribution in [0.5, 0.6) is 0 Å². The van der Waals surface area contributed by atoms with Crippen molar-refractivity contribution in [3.63, 3.8) is 0 Å². The summed E-state index contributed by atoms with van der Waals surface area (Å²) in [6, 6.07) is 16.3. The third-order valence-electron chi connectivity index (χ3n) is 3.98. The smallest absolute Gasteiger partial charge is 0.238 e. The number of hydrogen-bond donors (Lipinski definition) is 2. The molecule has 0 heterocycles. The quantitative estimate of drug-likeness (QED) is 0.780. The van der Waals surface area contributed by atoms with Gasteiger partial charge >= 0.3 is 0 Å². The molecule has 0 radical (unpaired) electrons. The lowest BCUT2D eigenvalue weighted by atomic mass is 10.1. The van der Waals surface area contributed by atoms with E-state index in [0.717, 1.165) is 18.8 Å². The zero-order valence-corrected chi connectivity index (χ0v) is 14.8. The van der Waals surface area contributed by atoms with E-state index in [2.05, 4.69) is 54.5 Å². The van der Waals surface area contributed by atoms with E-state index < -0.39 is 0 Å². The molecule has 2 aromatic rings. The molecule has 0 aliphatic rings. The highest BCUT2D eigenvalue weighted by Crippen LogP contribution is 2.17. The molecule has 2 rings (SSSR count). The third kappa shape index (κ3) is 5.39. The van der Waals surface area contributed by atoms with Crippen LogP contribution < -0.4 is 15.5 Å². The van der Waals surface area contributed by atoms with E-state index in [-0.39, 0.29) is 5.91 Å². The Labute approximate surface area is 144 Å². The second kappa shape index (κ2) is 9.08. The van der Waals surface area contributed by atoms with Crippen molar-refractivity contribution in [3.05, 3.63) is 59.7 Å². The summed E-state index contributed by atoms with van der Waals surface area (Å²) in [6.45, 7) is 9.29. The number of rotatable bonds is 8. The molecular formula is C20H27N3O. The Balaban J connectivity index is 1.79. The minimum absolute atomic E-state index is 0.0294. The highest BCUT2D eigenvalue weighted by molar-refractivity contribution is 5.92. The number of benzene rings is 2. The first-order chi connectivity index (χ1) is 11.6. The second-order valence-corrected chi connectivity index (χ2v) is 5.86. The second-order valence-electron chi connectivity index (χ2n) is 5.86. The molecule has 0 saturated carbocycles. The Kier molecular flexibility index (Phi) is 6.82. The number of nitrogens with zero attached hydrogens (tertiary/aromatic N) is 1. The minimum atomic E-state index is -0.0294. The van der Waals surface area contributed by atoms with Gasteiger partial charge in [-0.2, -0.15) is 0 Å². The van der Waals surface area contributed by atoms with Gasteiger partial charge in [-0.05, 0) is 50.6 Å². The first-order valence-corrected chi connectivity index (χ1v) is 8.53. The van der Waals surface area contributed by atoms with Crippen LogP contribution in [-0.2, 0) is 11.3 Å². The van der Waals surface area contributed by atoms with E-state index in [4.69, 9.17) is 0 Å². The molecule has 0 atom stereocenters. The maximum Gasteiger partial charge on any atom is 0.238 e. The zero-order chi connectivity index (χ0) is 17.4. The molecular weight excluding hydrogens is 298 g/mol. The van der Waals surface area contributed by atoms with E-state index in [0.29, 0.717) is 13.1 Å². The molecule has 0 saturated heterocycles. The fraction of sp³-hybridized carbons (Fsp3) is 0.350. The largest absolute Gasteiger partial charge is 0.372 e. The van der Waals surface area contributed by atoms with Crippen LogP contribution in [0.1, 0.15) is 25.0 Å². The Morgan fingerprint density at radius 1 is 1.04 bits per heavy atom. The lowest BCUT2D eigenvalue weighted by Crippen LogP contribution is -2.27. The predicted octanol–water partition coefficient (Wildman–Crippen LogP) is 3.57. The molecule has 2 N–H and O–H groups in total. The van der Waals surface area contributed by atoms with E-state index in [9.17, 15) is 4.79 Å². The van der Waals surface area contributed by atoms with E-state index in [1.54, 1.807) is 0 Å². The Bertz CT molecular complexity index is 648. The summed E-state index contributed by atoms with van der Waals surface area (Å²) in [5.41, 5.74) is 4.42. The van der Waals surface area contributed by atoms with E-state index in [1.165, 1.54) is 16.8 Å². The summed E-state index contributed by atoms with van der Waals surface area (Å²) in [6.07, 6.45) is 0. The van der Waals surface area contributed by atoms with Crippen LogP contribution in [-0.4, -0.2) is 25.5 Å². The van der Waals surface area contributed by atoms with Crippen molar-refractivity contribution >= 4 is 17.3 Å². The highest BCUT2D eigenvalue weighted by Gasteiger charge is 2.04. The lowest BCUT2D eigenvalue weighted by molar-refractivity contribution is -0.115. The van der Waals surface area contributed by atoms with Gasteiger partial charge in [0.25, 0.3) is 0 Å². The molecule has 0 spiro atoms. The van der Waals surface area contributed by atoms with Crippen molar-refractivity contribution in [3.8, 4) is 0 Å². The average molecular weight is 325 g/mol. The summed E-state index contributed by atoms with van der Waals surface area (Å²) < 4.78 is 0. The first kappa shape index (κ1) is 18.0. The van der Waals surface area contributed by atoms with Crippen molar-refractivity contribution in [2.75, 3.05) is 29.9 Å². The summed E-state index contributed by atoms with van der Waals surface area (Å²) in [5.74, 6) is -0.0294. The summed E-state index contributed by atoms with van der Waals surface area (Å²) >= 11 is 0. The van der Waals surface area contributed by atoms with Crippen LogP contribution in [0.3, 0.4) is 0 Å². The van der Waals surface area contributed by atoms with Crippen LogP contribution in [0.4, 0.5) is 11.4 Å². The molecule has 0 aromatic heterocycles. The number of carbonyl (C=O) groups is 1. The molecule has 2 aromatic carbocycles. The van der Waals surface area contributed by atoms with Crippen LogP contribution in [0, 0.1) is 6.92 Å². The molecule has 0 aliphatic carbocycles. The maximum absolute atomic E-state index is 12.0. The maximum atomic E-state index is 12.0. The third-order valence-corrected chi connectivity index (χ3v) is 3.98. The van der Waals surface area contributed by atoms with Crippen molar-refractivity contribution < 1.29 is 4.79 Å². The lowest BCUT2D eigenvalue weighted by Gasteiger charge is -2.21. The van der Waals surface area contributed by atoms with Gasteiger partial charge in [0.2, 0.25) is 5.91 Å². The predicted molar refractivity (Wildman–Crippen MR) is 102 cm³/mol. The Hall–Kier alpha value is -2.33. The SMILES string of the molecule is CCN(CC)c1ccc(NC(=O)CNCc2cccc(C)c2)cc1. The molecule has 24 heavy (non-hydrogen) atoms. The van der Waals surface area contributed by atoms with Gasteiger partial charge < -0.3 is 15.5 Å². The van der Waals surface area contributed by atoms with Gasteiger partial charge in [0.05, 0.1) is 6.54 Å². The summed E-state index contributed by atoms with van der Waals surface area (Å²) in [7, 11) is 0. The zero-order valence-electron chi connectivity index (χ0n) is 14.8. The summed E-state index contributed by atoms with van der Waals surface area (Å²) in [4.78, 5) is 14.3. The van der Waals surface area contributed by atoms with Gasteiger partial charge in [-0.3, -0.25) is 4.79 Å². The fourth-order valence-corrected chi connectivity index (χ4v) is 2.69. The number of anilines is 2. The number of nitrogens with one attached hydrogen (secondary N) is 2. The highest BCUT2D eigenvalue weighted by atomic mass is 16.1. The first-order valence-electron chi connectivity index (χ1n) is 8.53. The van der Waals surface area contributed by atoms with E-state index >= 15 is 0 Å². The van der Waals surface area contributed by atoms with Crippen LogP contribution in [0.25, 0.3) is 0 Å². The molecule has 4 heteroatoms. The number of aryl methyl sites for hydroxylation is 1. The number of carbonyl (C=O) groups excluding carboxylic acids is 1. The van der Waals surface area contributed by atoms with Gasteiger partial charge in [0.15, 0.2) is 0 Å². The molecule has 0 unspecified atom stereocenters. The van der Waals surface area contributed by atoms with Gasteiger partial charge in [-0.1, -0.05) is 29.8 Å². The van der Waals surface area contributed by atoms with Crippen molar-refractivity contribution in [1.82, 2.24) is 5.32 Å². The average Bonchev–Trinajstić information content (AvgIpc) is 2.57. The molecule has 0 fully saturated rings. The number of hydrogen-bond acceptors (Lipinski definition) is 3. The monoisotopic (exact) mass is 325 g/mol. The van der Waals surface area contributed by atoms with Crippen LogP contribution in [0.2, 0.25) is 0 Å². The molecule has 0 aliphatic heterocycles. The van der Waals surface area contributed by atoms with Crippen LogP contribution >= 0.6 is 0 Å². The standard InChI is InChI=1S/C20H27N3O/c1-4-23(5-2)19-11-9-18(10-12-19)22-20(24)15-21-14-17-8-6-7-16(3)13-17/h6-13,21H,4-5,14-15H2,1-3H3,(H,22,24). The molecule has 4 nitrogen and oxygen atoms in total. The molecule has 128 valence electrons. The van der Waals surface area contributed by atoms with Gasteiger partial charge in [0, 0.05) is 31.0 Å². The van der Waals surface area contributed by atoms with Crippen molar-refractivity contribution in [1.29, 1.82) is 0 Å². The van der Waals surface area contributed by atoms with Gasteiger partial charge in [0.1, 0.15) is 0 Å². The summed E-state index contributed by atoms with van der Waals surface area (Å²) in [5, 5.41) is 6.10. The van der Waals surface area contributed by atoms with Crippen molar-refractivity contribution in [2.24, 2.45) is 0 Å². The van der Waals surface area contributed by atoms with Gasteiger partial charge in [-0.25, -0.2) is 0 Å². The topological polar surface area (TPSA) is 44.4 Å².